The van der Waals surface area contributed by atoms with Crippen LogP contribution >= 0.6 is 0 Å². The van der Waals surface area contributed by atoms with E-state index < -0.39 is 0 Å². The van der Waals surface area contributed by atoms with Gasteiger partial charge in [-0.1, -0.05) is 0 Å². The van der Waals surface area contributed by atoms with Gasteiger partial charge in [0.1, 0.15) is 11.6 Å². The van der Waals surface area contributed by atoms with Gasteiger partial charge in [-0.15, -0.1) is 0 Å². The van der Waals surface area contributed by atoms with Crippen molar-refractivity contribution in [2.75, 3.05) is 32.1 Å². The van der Waals surface area contributed by atoms with E-state index in [2.05, 4.69) is 10.2 Å². The van der Waals surface area contributed by atoms with Gasteiger partial charge in [-0.2, -0.15) is 0 Å². The van der Waals surface area contributed by atoms with Crippen LogP contribution in [0.2, 0.25) is 0 Å². The molecule has 0 aromatic heterocycles. The molecular formula is C14H19FN2O. The number of anilines is 1. The summed E-state index contributed by atoms with van der Waals surface area (Å²) in [7, 11) is 1.60. The highest BCUT2D eigenvalue weighted by atomic mass is 19.1. The first-order valence-corrected chi connectivity index (χ1v) is 6.58. The molecule has 0 amide bonds. The smallest absolute Gasteiger partial charge is 0.146 e. The molecule has 3 unspecified atom stereocenters. The second kappa shape index (κ2) is 4.76. The van der Waals surface area contributed by atoms with Crippen LogP contribution in [0.15, 0.2) is 18.2 Å². The molecule has 1 aromatic carbocycles. The minimum atomic E-state index is -0.198. The van der Waals surface area contributed by atoms with E-state index >= 15 is 0 Å². The maximum Gasteiger partial charge on any atom is 0.146 e. The van der Waals surface area contributed by atoms with Crippen molar-refractivity contribution in [3.63, 3.8) is 0 Å². The molecule has 2 saturated heterocycles. The maximum atomic E-state index is 13.8. The number of benzene rings is 1. The van der Waals surface area contributed by atoms with Crippen LogP contribution in [0.25, 0.3) is 0 Å². The second-order valence-electron chi connectivity index (χ2n) is 5.23. The van der Waals surface area contributed by atoms with Crippen LogP contribution in [0.4, 0.5) is 10.1 Å². The standard InChI is InChI=1S/C14H19FN2O/c1-18-11-2-3-12(15)14(8-11)16-13-5-7-17-6-4-10(13)9-17/h2-3,8,10,13,16H,4-7,9H2,1H3. The number of fused-ring (bicyclic) bond motifs is 2. The van der Waals surface area contributed by atoms with Crippen LogP contribution in [0.1, 0.15) is 12.8 Å². The molecule has 3 atom stereocenters. The number of hydrogen-bond acceptors (Lipinski definition) is 3. The number of nitrogens with zero attached hydrogens (tertiary/aromatic N) is 1. The zero-order valence-electron chi connectivity index (χ0n) is 10.7. The van der Waals surface area contributed by atoms with Crippen molar-refractivity contribution in [3.8, 4) is 5.75 Å². The number of ether oxygens (including phenoxy) is 1. The van der Waals surface area contributed by atoms with Crippen molar-refractivity contribution in [1.29, 1.82) is 0 Å². The van der Waals surface area contributed by atoms with E-state index in [0.29, 0.717) is 23.4 Å². The Hall–Kier alpha value is -1.29. The molecule has 1 N–H and O–H groups in total. The van der Waals surface area contributed by atoms with Crippen LogP contribution in [-0.2, 0) is 0 Å². The van der Waals surface area contributed by atoms with Gasteiger partial charge in [0, 0.05) is 25.2 Å². The number of piperidine rings is 1. The molecule has 2 fully saturated rings. The molecule has 2 heterocycles. The molecule has 2 aliphatic heterocycles. The van der Waals surface area contributed by atoms with Gasteiger partial charge in [-0.05, 0) is 37.4 Å². The van der Waals surface area contributed by atoms with E-state index in [1.807, 2.05) is 0 Å². The number of hydrogen-bond donors (Lipinski definition) is 1. The van der Waals surface area contributed by atoms with Gasteiger partial charge in [0.2, 0.25) is 0 Å². The molecule has 3 rings (SSSR count). The van der Waals surface area contributed by atoms with E-state index in [1.54, 1.807) is 19.2 Å². The van der Waals surface area contributed by atoms with Crippen molar-refractivity contribution in [3.05, 3.63) is 24.0 Å². The molecule has 0 saturated carbocycles. The number of halogens is 1. The molecule has 98 valence electrons. The Kier molecular flexibility index (Phi) is 3.12. The minimum absolute atomic E-state index is 0.198. The van der Waals surface area contributed by atoms with Gasteiger partial charge < -0.3 is 15.0 Å². The number of nitrogens with one attached hydrogen (secondary N) is 1. The molecule has 18 heavy (non-hydrogen) atoms. The predicted octanol–water partition coefficient (Wildman–Crippen LogP) is 2.34. The molecule has 0 aliphatic carbocycles. The van der Waals surface area contributed by atoms with Gasteiger partial charge in [0.25, 0.3) is 0 Å². The van der Waals surface area contributed by atoms with Crippen molar-refractivity contribution >= 4 is 5.69 Å². The van der Waals surface area contributed by atoms with Gasteiger partial charge >= 0.3 is 0 Å². The normalized spacial score (nSPS) is 30.2. The van der Waals surface area contributed by atoms with Crippen molar-refractivity contribution in [2.24, 2.45) is 5.92 Å². The Morgan fingerprint density at radius 2 is 2.17 bits per heavy atom. The lowest BCUT2D eigenvalue weighted by atomic mass is 9.94. The SMILES string of the molecule is COc1ccc(F)c(NC2CCN3CCC2C3)c1. The number of rotatable bonds is 3. The van der Waals surface area contributed by atoms with Gasteiger partial charge in [-0.3, -0.25) is 0 Å². The Morgan fingerprint density at radius 1 is 1.33 bits per heavy atom. The first kappa shape index (κ1) is 11.8. The molecule has 0 spiro atoms. The lowest BCUT2D eigenvalue weighted by Crippen LogP contribution is -2.39. The Balaban J connectivity index is 1.75. The van der Waals surface area contributed by atoms with E-state index in [1.165, 1.54) is 19.0 Å². The highest BCUT2D eigenvalue weighted by molar-refractivity contribution is 5.50. The quantitative estimate of drug-likeness (QED) is 0.891. The third kappa shape index (κ3) is 2.17. The lowest BCUT2D eigenvalue weighted by Gasteiger charge is -2.31. The average Bonchev–Trinajstić information content (AvgIpc) is 2.78. The predicted molar refractivity (Wildman–Crippen MR) is 69.5 cm³/mol. The summed E-state index contributed by atoms with van der Waals surface area (Å²) in [5.41, 5.74) is 0.569. The lowest BCUT2D eigenvalue weighted by molar-refractivity contribution is 0.254. The first-order chi connectivity index (χ1) is 8.76. The Bertz CT molecular complexity index is 438. The molecule has 3 nitrogen and oxygen atoms in total. The average molecular weight is 250 g/mol. The third-order valence-corrected chi connectivity index (χ3v) is 4.15. The topological polar surface area (TPSA) is 24.5 Å². The van der Waals surface area contributed by atoms with Crippen LogP contribution in [-0.4, -0.2) is 37.7 Å². The van der Waals surface area contributed by atoms with Gasteiger partial charge in [-0.25, -0.2) is 4.39 Å². The van der Waals surface area contributed by atoms with E-state index in [9.17, 15) is 4.39 Å². The first-order valence-electron chi connectivity index (χ1n) is 6.58. The Morgan fingerprint density at radius 3 is 3.00 bits per heavy atom. The summed E-state index contributed by atoms with van der Waals surface area (Å²) in [6.07, 6.45) is 2.32. The summed E-state index contributed by atoms with van der Waals surface area (Å²) in [5.74, 6) is 1.16. The van der Waals surface area contributed by atoms with Crippen LogP contribution in [0.3, 0.4) is 0 Å². The summed E-state index contributed by atoms with van der Waals surface area (Å²) in [6.45, 7) is 3.48. The zero-order chi connectivity index (χ0) is 12.5. The fraction of sp³-hybridized carbons (Fsp3) is 0.571. The summed E-state index contributed by atoms with van der Waals surface area (Å²) in [6, 6.07) is 5.26. The third-order valence-electron chi connectivity index (χ3n) is 4.15. The fourth-order valence-electron chi connectivity index (χ4n) is 3.08. The van der Waals surface area contributed by atoms with E-state index in [-0.39, 0.29) is 5.82 Å². The molecule has 1 aromatic rings. The zero-order valence-corrected chi connectivity index (χ0v) is 10.7. The monoisotopic (exact) mass is 250 g/mol. The van der Waals surface area contributed by atoms with Crippen LogP contribution in [0, 0.1) is 11.7 Å². The highest BCUT2D eigenvalue weighted by Crippen LogP contribution is 2.31. The fourth-order valence-corrected chi connectivity index (χ4v) is 3.08. The van der Waals surface area contributed by atoms with Crippen molar-refractivity contribution < 1.29 is 9.13 Å². The molecular weight excluding hydrogens is 231 g/mol. The molecule has 2 aliphatic rings. The largest absolute Gasteiger partial charge is 0.497 e. The molecule has 2 bridgehead atoms. The minimum Gasteiger partial charge on any atom is -0.497 e. The number of methoxy groups -OCH3 is 1. The summed E-state index contributed by atoms with van der Waals surface area (Å²) >= 11 is 0. The molecule has 4 heteroatoms. The summed E-state index contributed by atoms with van der Waals surface area (Å²) in [5, 5.41) is 3.37. The highest BCUT2D eigenvalue weighted by Gasteiger charge is 2.34. The maximum absolute atomic E-state index is 13.8. The van der Waals surface area contributed by atoms with Gasteiger partial charge in [0.05, 0.1) is 12.8 Å². The second-order valence-corrected chi connectivity index (χ2v) is 5.23. The Labute approximate surface area is 107 Å². The molecule has 0 radical (unpaired) electrons. The van der Waals surface area contributed by atoms with Crippen molar-refractivity contribution in [2.45, 2.75) is 18.9 Å². The van der Waals surface area contributed by atoms with Gasteiger partial charge in [0.15, 0.2) is 0 Å². The van der Waals surface area contributed by atoms with Crippen molar-refractivity contribution in [1.82, 2.24) is 4.90 Å². The van der Waals surface area contributed by atoms with E-state index in [4.69, 9.17) is 4.74 Å². The van der Waals surface area contributed by atoms with E-state index in [0.717, 1.165) is 19.5 Å². The summed E-state index contributed by atoms with van der Waals surface area (Å²) < 4.78 is 18.9. The van der Waals surface area contributed by atoms with Crippen LogP contribution < -0.4 is 10.1 Å². The van der Waals surface area contributed by atoms with Crippen LogP contribution in [0.5, 0.6) is 5.75 Å². The summed E-state index contributed by atoms with van der Waals surface area (Å²) in [4.78, 5) is 2.49.